The topological polar surface area (TPSA) is 70.8 Å². The molecule has 16 heavy (non-hydrogen) atoms. The van der Waals surface area contributed by atoms with Crippen molar-refractivity contribution in [3.63, 3.8) is 0 Å². The van der Waals surface area contributed by atoms with Crippen LogP contribution in [0.2, 0.25) is 0 Å². The molecule has 1 spiro atoms. The Morgan fingerprint density at radius 3 is 2.56 bits per heavy atom. The molecule has 5 nitrogen and oxygen atoms in total. The molecular weight excluding hydrogens is 210 g/mol. The summed E-state index contributed by atoms with van der Waals surface area (Å²) in [6.07, 6.45) is 1.39. The zero-order valence-corrected chi connectivity index (χ0v) is 9.45. The highest BCUT2D eigenvalue weighted by Gasteiger charge is 2.80. The molecule has 0 amide bonds. The molecule has 4 rings (SSSR count). The van der Waals surface area contributed by atoms with Crippen LogP contribution in [0.15, 0.2) is 0 Å². The lowest BCUT2D eigenvalue weighted by Crippen LogP contribution is -2.63. The second-order valence-electron chi connectivity index (χ2n) is 5.13. The molecule has 2 N–H and O–H groups in total. The van der Waals surface area contributed by atoms with Crippen molar-refractivity contribution >= 4 is 5.97 Å². The number of carbonyl (C=O) groups is 1. The van der Waals surface area contributed by atoms with Crippen LogP contribution in [0.5, 0.6) is 0 Å². The molecule has 3 saturated heterocycles. The normalized spacial score (nSPS) is 42.6. The largest absolute Gasteiger partial charge is 0.465 e. The van der Waals surface area contributed by atoms with E-state index < -0.39 is 11.0 Å². The highest BCUT2D eigenvalue weighted by Crippen LogP contribution is 2.68. The van der Waals surface area contributed by atoms with Gasteiger partial charge in [0, 0.05) is 6.54 Å². The fourth-order valence-corrected chi connectivity index (χ4v) is 3.36. The summed E-state index contributed by atoms with van der Waals surface area (Å²) in [5.41, 5.74) is 4.49. The first-order chi connectivity index (χ1) is 7.62. The van der Waals surface area contributed by atoms with Gasteiger partial charge in [-0.2, -0.15) is 0 Å². The Kier molecular flexibility index (Phi) is 1.95. The Morgan fingerprint density at radius 1 is 1.44 bits per heavy atom. The Morgan fingerprint density at radius 2 is 2.12 bits per heavy atom. The molecule has 90 valence electrons. The molecule has 1 aliphatic carbocycles. The average molecular weight is 227 g/mol. The number of hydrogen-bond acceptors (Lipinski definition) is 5. The second kappa shape index (κ2) is 2.97. The van der Waals surface area contributed by atoms with Gasteiger partial charge in [-0.3, -0.25) is 4.79 Å². The zero-order chi connectivity index (χ0) is 11.4. The Bertz CT molecular complexity index is 331. The van der Waals surface area contributed by atoms with E-state index in [4.69, 9.17) is 19.9 Å². The van der Waals surface area contributed by atoms with Gasteiger partial charge in [-0.25, -0.2) is 0 Å². The second-order valence-corrected chi connectivity index (χ2v) is 5.13. The van der Waals surface area contributed by atoms with Gasteiger partial charge in [0.2, 0.25) is 0 Å². The fraction of sp³-hybridized carbons (Fsp3) is 0.909. The van der Waals surface area contributed by atoms with E-state index in [2.05, 4.69) is 0 Å². The van der Waals surface area contributed by atoms with E-state index in [9.17, 15) is 4.79 Å². The molecule has 3 aliphatic heterocycles. The van der Waals surface area contributed by atoms with Crippen LogP contribution in [0.1, 0.15) is 19.8 Å². The van der Waals surface area contributed by atoms with Crippen LogP contribution in [0.4, 0.5) is 0 Å². The predicted octanol–water partition coefficient (Wildman–Crippen LogP) is -0.174. The molecule has 0 aromatic heterocycles. The van der Waals surface area contributed by atoms with Crippen LogP contribution in [0, 0.1) is 5.41 Å². The third kappa shape index (κ3) is 0.948. The molecule has 0 radical (unpaired) electrons. The van der Waals surface area contributed by atoms with E-state index in [0.717, 1.165) is 0 Å². The summed E-state index contributed by atoms with van der Waals surface area (Å²) in [6.45, 7) is 3.69. The zero-order valence-electron chi connectivity index (χ0n) is 9.45. The van der Waals surface area contributed by atoms with Crippen molar-refractivity contribution in [3.8, 4) is 0 Å². The Labute approximate surface area is 94.2 Å². The summed E-state index contributed by atoms with van der Waals surface area (Å²) in [5, 5.41) is 0. The molecule has 0 aromatic rings. The van der Waals surface area contributed by atoms with Crippen LogP contribution in [-0.4, -0.2) is 43.5 Å². The maximum atomic E-state index is 12.1. The molecule has 0 atom stereocenters. The molecule has 5 heteroatoms. The average Bonchev–Trinajstić information content (AvgIpc) is 2.63. The maximum absolute atomic E-state index is 12.1. The lowest BCUT2D eigenvalue weighted by Gasteiger charge is -2.48. The van der Waals surface area contributed by atoms with Gasteiger partial charge in [0.05, 0.1) is 25.4 Å². The smallest absolute Gasteiger partial charge is 0.315 e. The summed E-state index contributed by atoms with van der Waals surface area (Å²) in [7, 11) is 0. The minimum Gasteiger partial charge on any atom is -0.465 e. The van der Waals surface area contributed by atoms with Crippen molar-refractivity contribution in [2.24, 2.45) is 11.1 Å². The molecule has 4 aliphatic rings. The van der Waals surface area contributed by atoms with E-state index >= 15 is 0 Å². The Balaban J connectivity index is 1.88. The van der Waals surface area contributed by atoms with E-state index in [1.807, 2.05) is 6.92 Å². The summed E-state index contributed by atoms with van der Waals surface area (Å²) >= 11 is 0. The summed E-state index contributed by atoms with van der Waals surface area (Å²) in [5.74, 6) is -0.139. The Hall–Kier alpha value is -0.650. The van der Waals surface area contributed by atoms with Crippen LogP contribution < -0.4 is 5.73 Å². The number of nitrogens with two attached hydrogens (primary N) is 1. The first kappa shape index (κ1) is 10.5. The van der Waals surface area contributed by atoms with Crippen LogP contribution in [0.25, 0.3) is 0 Å². The third-order valence-corrected chi connectivity index (χ3v) is 4.24. The van der Waals surface area contributed by atoms with Crippen molar-refractivity contribution in [2.45, 2.75) is 31.0 Å². The van der Waals surface area contributed by atoms with Gasteiger partial charge in [-0.15, -0.1) is 0 Å². The van der Waals surface area contributed by atoms with Crippen LogP contribution in [-0.2, 0) is 19.0 Å². The highest BCUT2D eigenvalue weighted by molar-refractivity contribution is 5.82. The monoisotopic (exact) mass is 227 g/mol. The SMILES string of the molecule is CCOC(=O)C12CC(CN)(C1)OC21COC1. The number of carbonyl (C=O) groups excluding carboxylic acids is 1. The molecule has 1 saturated carbocycles. The van der Waals surface area contributed by atoms with Crippen molar-refractivity contribution in [2.75, 3.05) is 26.4 Å². The summed E-state index contributed by atoms with van der Waals surface area (Å²) in [6, 6.07) is 0. The van der Waals surface area contributed by atoms with Crippen molar-refractivity contribution < 1.29 is 19.0 Å². The standard InChI is InChI=1S/C11H17NO4/c1-2-15-8(13)10-3-9(4-10,5-12)16-11(10)6-14-7-11/h2-7,12H2,1H3. The first-order valence-electron chi connectivity index (χ1n) is 5.77. The minimum absolute atomic E-state index is 0.139. The van der Waals surface area contributed by atoms with E-state index in [1.165, 1.54) is 0 Å². The number of esters is 1. The van der Waals surface area contributed by atoms with Crippen molar-refractivity contribution in [3.05, 3.63) is 0 Å². The quantitative estimate of drug-likeness (QED) is 0.678. The lowest BCUT2D eigenvalue weighted by atomic mass is 9.55. The van der Waals surface area contributed by atoms with Gasteiger partial charge in [-0.1, -0.05) is 0 Å². The van der Waals surface area contributed by atoms with Crippen LogP contribution >= 0.6 is 0 Å². The van der Waals surface area contributed by atoms with Gasteiger partial charge in [0.1, 0.15) is 11.0 Å². The van der Waals surface area contributed by atoms with Crippen molar-refractivity contribution in [1.82, 2.24) is 0 Å². The molecule has 4 fully saturated rings. The molecular formula is C11H17NO4. The first-order valence-corrected chi connectivity index (χ1v) is 5.77. The minimum atomic E-state index is -0.485. The maximum Gasteiger partial charge on any atom is 0.315 e. The van der Waals surface area contributed by atoms with Gasteiger partial charge in [0.15, 0.2) is 0 Å². The van der Waals surface area contributed by atoms with Gasteiger partial charge >= 0.3 is 5.97 Å². The number of ether oxygens (including phenoxy) is 3. The van der Waals surface area contributed by atoms with E-state index in [-0.39, 0.29) is 11.6 Å². The molecule has 3 heterocycles. The highest BCUT2D eigenvalue weighted by atomic mass is 16.6. The van der Waals surface area contributed by atoms with Gasteiger partial charge in [-0.05, 0) is 19.8 Å². The third-order valence-electron chi connectivity index (χ3n) is 4.24. The molecule has 0 unspecified atom stereocenters. The van der Waals surface area contributed by atoms with Gasteiger partial charge < -0.3 is 19.9 Å². The molecule has 0 aromatic carbocycles. The fourth-order valence-electron chi connectivity index (χ4n) is 3.36. The molecule has 2 bridgehead atoms. The van der Waals surface area contributed by atoms with Crippen LogP contribution in [0.3, 0.4) is 0 Å². The number of hydrogen-bond donors (Lipinski definition) is 1. The van der Waals surface area contributed by atoms with Gasteiger partial charge in [0.25, 0.3) is 0 Å². The summed E-state index contributed by atoms with van der Waals surface area (Å²) in [4.78, 5) is 12.1. The summed E-state index contributed by atoms with van der Waals surface area (Å²) < 4.78 is 16.4. The van der Waals surface area contributed by atoms with Crippen molar-refractivity contribution in [1.29, 1.82) is 0 Å². The number of rotatable bonds is 3. The van der Waals surface area contributed by atoms with E-state index in [1.54, 1.807) is 0 Å². The predicted molar refractivity (Wildman–Crippen MR) is 54.7 cm³/mol. The lowest BCUT2D eigenvalue weighted by molar-refractivity contribution is -0.220. The van der Waals surface area contributed by atoms with E-state index in [0.29, 0.717) is 39.2 Å².